The number of rotatable bonds is 8. The lowest BCUT2D eigenvalue weighted by Crippen LogP contribution is -2.27. The van der Waals surface area contributed by atoms with Gasteiger partial charge in [0.25, 0.3) is 0 Å². The third-order valence-corrected chi connectivity index (χ3v) is 3.91. The van der Waals surface area contributed by atoms with Crippen molar-refractivity contribution in [1.82, 2.24) is 0 Å². The largest absolute Gasteiger partial charge is 0.482 e. The van der Waals surface area contributed by atoms with Gasteiger partial charge in [0.1, 0.15) is 11.6 Å². The molecule has 0 aliphatic rings. The van der Waals surface area contributed by atoms with Crippen LogP contribution in [0.4, 0.5) is 10.1 Å². The molecule has 27 heavy (non-hydrogen) atoms. The fraction of sp³-hybridized carbons (Fsp3) is 0.222. The fourth-order valence-electron chi connectivity index (χ4n) is 2.14. The number of esters is 1. The molecule has 0 heterocycles. The Labute approximate surface area is 156 Å². The number of ether oxygens (including phenoxy) is 2. The van der Waals surface area contributed by atoms with Crippen molar-refractivity contribution >= 4 is 27.5 Å². The molecule has 7 nitrogen and oxygen atoms in total. The van der Waals surface area contributed by atoms with E-state index in [9.17, 15) is 22.4 Å². The Bertz CT molecular complexity index is 927. The molecule has 9 heteroatoms. The van der Waals surface area contributed by atoms with Gasteiger partial charge in [-0.05, 0) is 43.3 Å². The molecule has 1 atom stereocenters. The maximum absolute atomic E-state index is 13.0. The second-order valence-electron chi connectivity index (χ2n) is 5.69. The zero-order chi connectivity index (χ0) is 20.0. The Kier molecular flexibility index (Phi) is 6.51. The van der Waals surface area contributed by atoms with Crippen molar-refractivity contribution in [3.05, 3.63) is 59.9 Å². The van der Waals surface area contributed by atoms with E-state index in [1.165, 1.54) is 49.4 Å². The molecule has 0 unspecified atom stereocenters. The minimum Gasteiger partial charge on any atom is -0.482 e. The molecular formula is C18H18FNO6S. The molecule has 0 aliphatic heterocycles. The van der Waals surface area contributed by atoms with E-state index >= 15 is 0 Å². The van der Waals surface area contributed by atoms with Crippen LogP contribution in [-0.2, 0) is 19.6 Å². The van der Waals surface area contributed by atoms with Crippen molar-refractivity contribution in [3.8, 4) is 5.75 Å². The molecule has 0 aromatic heterocycles. The molecule has 1 N–H and O–H groups in total. The van der Waals surface area contributed by atoms with Crippen molar-refractivity contribution < 1.29 is 31.9 Å². The summed E-state index contributed by atoms with van der Waals surface area (Å²) in [6.45, 7) is 0.934. The van der Waals surface area contributed by atoms with E-state index < -0.39 is 40.3 Å². The zero-order valence-electron chi connectivity index (χ0n) is 14.6. The van der Waals surface area contributed by atoms with Crippen LogP contribution in [0.3, 0.4) is 0 Å². The summed E-state index contributed by atoms with van der Waals surface area (Å²) in [4.78, 5) is 24.1. The quantitative estimate of drug-likeness (QED) is 0.544. The summed E-state index contributed by atoms with van der Waals surface area (Å²) in [7, 11) is -3.42. The first-order valence-corrected chi connectivity index (χ1v) is 9.73. The smallest absolute Gasteiger partial charge is 0.344 e. The molecule has 2 aromatic rings. The van der Waals surface area contributed by atoms with Gasteiger partial charge in [-0.3, -0.25) is 9.52 Å². The average Bonchev–Trinajstić information content (AvgIpc) is 2.58. The number of hydrogen-bond donors (Lipinski definition) is 1. The van der Waals surface area contributed by atoms with E-state index in [0.29, 0.717) is 5.69 Å². The van der Waals surface area contributed by atoms with Crippen LogP contribution in [0.5, 0.6) is 5.75 Å². The number of hydrogen-bond acceptors (Lipinski definition) is 6. The van der Waals surface area contributed by atoms with Crippen LogP contribution < -0.4 is 9.46 Å². The van der Waals surface area contributed by atoms with E-state index in [1.807, 2.05) is 0 Å². The summed E-state index contributed by atoms with van der Waals surface area (Å²) in [5.41, 5.74) is 0.558. The van der Waals surface area contributed by atoms with Gasteiger partial charge in [-0.2, -0.15) is 0 Å². The highest BCUT2D eigenvalue weighted by Crippen LogP contribution is 2.14. The minimum atomic E-state index is -3.42. The van der Waals surface area contributed by atoms with Gasteiger partial charge in [0.2, 0.25) is 15.8 Å². The van der Waals surface area contributed by atoms with Crippen molar-refractivity contribution in [2.24, 2.45) is 0 Å². The van der Waals surface area contributed by atoms with Gasteiger partial charge in [0.05, 0.1) is 6.26 Å². The third kappa shape index (κ3) is 6.70. The number of anilines is 1. The van der Waals surface area contributed by atoms with Crippen LogP contribution in [0.15, 0.2) is 48.5 Å². The van der Waals surface area contributed by atoms with E-state index in [2.05, 4.69) is 4.72 Å². The lowest BCUT2D eigenvalue weighted by Gasteiger charge is -2.13. The van der Waals surface area contributed by atoms with Crippen molar-refractivity contribution in [2.45, 2.75) is 13.0 Å². The molecule has 2 aromatic carbocycles. The molecule has 144 valence electrons. The average molecular weight is 395 g/mol. The molecule has 0 saturated carbocycles. The highest BCUT2D eigenvalue weighted by atomic mass is 32.2. The molecule has 0 saturated heterocycles. The molecule has 0 radical (unpaired) electrons. The molecule has 2 rings (SSSR count). The number of carbonyl (C=O) groups excluding carboxylic acids is 2. The fourth-order valence-corrected chi connectivity index (χ4v) is 2.70. The number of benzene rings is 2. The number of Topliss-reactive ketones (excluding diaryl/α,β-unsaturated/α-hetero) is 1. The topological polar surface area (TPSA) is 98.8 Å². The Balaban J connectivity index is 1.89. The normalized spacial score (nSPS) is 12.1. The van der Waals surface area contributed by atoms with Gasteiger partial charge in [-0.25, -0.2) is 17.6 Å². The Morgan fingerprint density at radius 3 is 2.41 bits per heavy atom. The van der Waals surface area contributed by atoms with Gasteiger partial charge in [0.15, 0.2) is 12.7 Å². The van der Waals surface area contributed by atoms with E-state index in [1.54, 1.807) is 0 Å². The summed E-state index contributed by atoms with van der Waals surface area (Å²) in [5, 5.41) is 0. The lowest BCUT2D eigenvalue weighted by atomic mass is 10.1. The Hall–Kier alpha value is -2.94. The number of carbonyl (C=O) groups is 2. The zero-order valence-corrected chi connectivity index (χ0v) is 15.5. The van der Waals surface area contributed by atoms with Crippen molar-refractivity contribution in [1.29, 1.82) is 0 Å². The highest BCUT2D eigenvalue weighted by molar-refractivity contribution is 7.92. The number of sulfonamides is 1. The molecule has 0 bridgehead atoms. The summed E-state index contributed by atoms with van der Waals surface area (Å²) in [6.07, 6.45) is -0.0539. The van der Waals surface area contributed by atoms with Gasteiger partial charge in [0, 0.05) is 17.3 Å². The maximum atomic E-state index is 13.0. The second kappa shape index (κ2) is 8.63. The number of nitrogens with one attached hydrogen (secondary N) is 1. The first-order valence-electron chi connectivity index (χ1n) is 7.84. The summed E-state index contributed by atoms with van der Waals surface area (Å²) in [6, 6.07) is 11.0. The molecule has 0 amide bonds. The standard InChI is InChI=1S/C18H18FNO6S/c1-12(26-17(21)11-25-16-5-3-4-14(19)10-16)18(22)13-6-8-15(9-7-13)20-27(2,23)24/h3-10,12,20H,11H2,1-2H3/t12-/m0/s1. The Morgan fingerprint density at radius 2 is 1.81 bits per heavy atom. The first-order chi connectivity index (χ1) is 12.6. The maximum Gasteiger partial charge on any atom is 0.344 e. The van der Waals surface area contributed by atoms with Gasteiger partial charge >= 0.3 is 5.97 Å². The predicted molar refractivity (Wildman–Crippen MR) is 96.7 cm³/mol. The summed E-state index contributed by atoms with van der Waals surface area (Å²) in [5.74, 6) is -1.58. The van der Waals surface area contributed by atoms with Crippen LogP contribution in [0.25, 0.3) is 0 Å². The molecular weight excluding hydrogens is 377 g/mol. The van der Waals surface area contributed by atoms with Gasteiger partial charge < -0.3 is 9.47 Å². The van der Waals surface area contributed by atoms with E-state index in [0.717, 1.165) is 12.3 Å². The lowest BCUT2D eigenvalue weighted by molar-refractivity contribution is -0.148. The van der Waals surface area contributed by atoms with Gasteiger partial charge in [-0.15, -0.1) is 0 Å². The molecule has 0 fully saturated rings. The van der Waals surface area contributed by atoms with E-state index in [-0.39, 0.29) is 11.3 Å². The van der Waals surface area contributed by atoms with Crippen LogP contribution in [0.1, 0.15) is 17.3 Å². The SMILES string of the molecule is C[C@H](OC(=O)COc1cccc(F)c1)C(=O)c1ccc(NS(C)(=O)=O)cc1. The number of ketones is 1. The second-order valence-corrected chi connectivity index (χ2v) is 7.44. The van der Waals surface area contributed by atoms with Crippen LogP contribution in [0, 0.1) is 5.82 Å². The third-order valence-electron chi connectivity index (χ3n) is 3.30. The van der Waals surface area contributed by atoms with Crippen LogP contribution in [-0.4, -0.2) is 39.1 Å². The monoisotopic (exact) mass is 395 g/mol. The van der Waals surface area contributed by atoms with Crippen LogP contribution in [0.2, 0.25) is 0 Å². The Morgan fingerprint density at radius 1 is 1.15 bits per heavy atom. The van der Waals surface area contributed by atoms with Crippen LogP contribution >= 0.6 is 0 Å². The number of halogens is 1. The van der Waals surface area contributed by atoms with Crippen molar-refractivity contribution in [3.63, 3.8) is 0 Å². The minimum absolute atomic E-state index is 0.167. The first kappa shape index (κ1) is 20.4. The summed E-state index contributed by atoms with van der Waals surface area (Å²) >= 11 is 0. The van der Waals surface area contributed by atoms with Gasteiger partial charge in [-0.1, -0.05) is 6.07 Å². The highest BCUT2D eigenvalue weighted by Gasteiger charge is 2.20. The van der Waals surface area contributed by atoms with E-state index in [4.69, 9.17) is 9.47 Å². The predicted octanol–water partition coefficient (Wildman–Crippen LogP) is 2.39. The summed E-state index contributed by atoms with van der Waals surface area (Å²) < 4.78 is 47.8. The molecule has 0 spiro atoms. The molecule has 0 aliphatic carbocycles. The van der Waals surface area contributed by atoms with Crippen molar-refractivity contribution in [2.75, 3.05) is 17.6 Å².